The summed E-state index contributed by atoms with van der Waals surface area (Å²) in [6.45, 7) is 1.26. The maximum Gasteiger partial charge on any atom is 0.407 e. The fourth-order valence-corrected chi connectivity index (χ4v) is 5.44. The number of alkyl carbamates (subject to hydrolysis) is 1. The predicted molar refractivity (Wildman–Crippen MR) is 125 cm³/mol. The van der Waals surface area contributed by atoms with Crippen molar-refractivity contribution in [3.05, 3.63) is 42.0 Å². The van der Waals surface area contributed by atoms with Gasteiger partial charge in [0, 0.05) is 24.5 Å². The molecule has 3 atom stereocenters. The van der Waals surface area contributed by atoms with Gasteiger partial charge in [-0.15, -0.1) is 0 Å². The van der Waals surface area contributed by atoms with Crippen LogP contribution in [-0.2, 0) is 14.8 Å². The number of nitrogens with zero attached hydrogens (tertiary/aromatic N) is 2. The number of hydrogen-bond acceptors (Lipinski definition) is 7. The van der Waals surface area contributed by atoms with Crippen molar-refractivity contribution in [1.82, 2.24) is 20.0 Å². The van der Waals surface area contributed by atoms with Gasteiger partial charge in [-0.1, -0.05) is 0 Å². The van der Waals surface area contributed by atoms with E-state index < -0.39 is 46.7 Å². The number of nitrogens with one attached hydrogen (secondary N) is 3. The maximum absolute atomic E-state index is 14.5. The van der Waals surface area contributed by atoms with E-state index in [1.165, 1.54) is 19.1 Å². The molecule has 1 heterocycles. The van der Waals surface area contributed by atoms with E-state index in [4.69, 9.17) is 4.74 Å². The lowest BCUT2D eigenvalue weighted by Crippen LogP contribution is -2.37. The van der Waals surface area contributed by atoms with Gasteiger partial charge in [-0.25, -0.2) is 32.3 Å². The lowest BCUT2D eigenvalue weighted by molar-refractivity contribution is -0.138. The van der Waals surface area contributed by atoms with Crippen LogP contribution in [0.1, 0.15) is 56.9 Å². The molecule has 0 aliphatic heterocycles. The molecular formula is C23H27F4N5O4S. The normalized spacial score (nSPS) is 20.9. The minimum Gasteiger partial charge on any atom is -0.446 e. The largest absolute Gasteiger partial charge is 0.446 e. The average Bonchev–Trinajstić information content (AvgIpc) is 3.47. The molecule has 2 aliphatic rings. The molecule has 2 fully saturated rings. The van der Waals surface area contributed by atoms with Gasteiger partial charge in [-0.2, -0.15) is 13.2 Å². The Morgan fingerprint density at radius 3 is 2.49 bits per heavy atom. The lowest BCUT2D eigenvalue weighted by atomic mass is 10.0. The number of hydrogen-bond donors (Lipinski definition) is 3. The van der Waals surface area contributed by atoms with Gasteiger partial charge in [0.2, 0.25) is 16.0 Å². The van der Waals surface area contributed by atoms with Crippen molar-refractivity contribution in [3.63, 3.8) is 0 Å². The first kappa shape index (κ1) is 27.0. The summed E-state index contributed by atoms with van der Waals surface area (Å²) in [5.74, 6) is -0.678. The van der Waals surface area contributed by atoms with E-state index >= 15 is 0 Å². The second kappa shape index (κ2) is 10.8. The third-order valence-electron chi connectivity index (χ3n) is 6.10. The van der Waals surface area contributed by atoms with Crippen molar-refractivity contribution in [2.45, 2.75) is 80.6 Å². The molecule has 0 saturated heterocycles. The molecule has 2 aliphatic carbocycles. The molecular weight excluding hydrogens is 518 g/mol. The van der Waals surface area contributed by atoms with E-state index in [0.29, 0.717) is 19.3 Å². The molecule has 1 aromatic heterocycles. The third kappa shape index (κ3) is 7.74. The average molecular weight is 546 g/mol. The lowest BCUT2D eigenvalue weighted by Gasteiger charge is -2.18. The molecule has 0 bridgehead atoms. The van der Waals surface area contributed by atoms with Crippen LogP contribution in [-0.4, -0.2) is 48.8 Å². The molecule has 0 radical (unpaired) electrons. The minimum atomic E-state index is -4.38. The minimum absolute atomic E-state index is 0.0122. The maximum atomic E-state index is 14.5. The summed E-state index contributed by atoms with van der Waals surface area (Å²) in [6.07, 6.45) is -0.515. The first-order valence-electron chi connectivity index (χ1n) is 11.8. The Kier molecular flexibility index (Phi) is 7.88. The Labute approximate surface area is 211 Å². The van der Waals surface area contributed by atoms with Crippen LogP contribution in [0.15, 0.2) is 35.5 Å². The zero-order valence-corrected chi connectivity index (χ0v) is 20.7. The molecule has 9 nitrogen and oxygen atoms in total. The smallest absolute Gasteiger partial charge is 0.407 e. The topological polar surface area (TPSA) is 122 Å². The molecule has 0 spiro atoms. The summed E-state index contributed by atoms with van der Waals surface area (Å²) >= 11 is 0. The van der Waals surface area contributed by atoms with Crippen molar-refractivity contribution in [1.29, 1.82) is 0 Å². The quantitative estimate of drug-likeness (QED) is 0.397. The van der Waals surface area contributed by atoms with Gasteiger partial charge in [0.1, 0.15) is 11.9 Å². The number of carbonyl (C=O) groups excluding carboxylic acids is 1. The number of halogens is 4. The van der Waals surface area contributed by atoms with Crippen molar-refractivity contribution in [2.24, 2.45) is 0 Å². The van der Waals surface area contributed by atoms with Crippen molar-refractivity contribution < 1.29 is 35.5 Å². The van der Waals surface area contributed by atoms with E-state index in [9.17, 15) is 30.8 Å². The molecule has 1 amide bonds. The highest BCUT2D eigenvalue weighted by atomic mass is 32.2. The number of rotatable bonds is 9. The summed E-state index contributed by atoms with van der Waals surface area (Å²) in [5, 5.41) is 4.91. The Morgan fingerprint density at radius 1 is 1.16 bits per heavy atom. The zero-order valence-electron chi connectivity index (χ0n) is 19.9. The van der Waals surface area contributed by atoms with Crippen LogP contribution in [0.3, 0.4) is 0 Å². The molecule has 2 aromatic rings. The Morgan fingerprint density at radius 2 is 1.86 bits per heavy atom. The second-order valence-electron chi connectivity index (χ2n) is 9.40. The van der Waals surface area contributed by atoms with E-state index in [2.05, 4.69) is 25.3 Å². The number of anilines is 2. The molecule has 14 heteroatoms. The van der Waals surface area contributed by atoms with Gasteiger partial charge in [0.05, 0.1) is 17.0 Å². The SMILES string of the molecule is C[C@@H](CC(F)(F)F)NC(=O)O[C@@H]1CC[C@H](c2cnc(Nc3ccc(S(=O)(=O)NC4CC4)cc3F)nc2)C1. The molecule has 2 saturated carbocycles. The molecule has 1 aromatic carbocycles. The second-order valence-corrected chi connectivity index (χ2v) is 11.1. The summed E-state index contributed by atoms with van der Waals surface area (Å²) in [4.78, 5) is 20.1. The number of aromatic nitrogens is 2. The Bertz CT molecular complexity index is 1220. The monoisotopic (exact) mass is 545 g/mol. The zero-order chi connectivity index (χ0) is 26.8. The standard InChI is InChI=1S/C23H27F4N5O4S/c1-13(10-23(25,26)27)30-22(33)36-17-5-2-14(8-17)15-11-28-21(29-12-15)31-20-7-6-18(9-19(20)24)37(34,35)32-16-3-4-16/h6-7,9,11-14,16-17,32H,2-5,8,10H2,1H3,(H,30,33)(H,28,29,31)/t13-,14-,17+/m0/s1. The molecule has 3 N–H and O–H groups in total. The van der Waals surface area contributed by atoms with E-state index in [1.807, 2.05) is 0 Å². The van der Waals surface area contributed by atoms with Crippen LogP contribution in [0.2, 0.25) is 0 Å². The highest BCUT2D eigenvalue weighted by Crippen LogP contribution is 2.36. The summed E-state index contributed by atoms with van der Waals surface area (Å²) in [6, 6.07) is 2.34. The van der Waals surface area contributed by atoms with Crippen LogP contribution in [0.25, 0.3) is 0 Å². The van der Waals surface area contributed by atoms with E-state index in [0.717, 1.165) is 24.5 Å². The van der Waals surface area contributed by atoms with Gasteiger partial charge >= 0.3 is 12.3 Å². The molecule has 0 unspecified atom stereocenters. The highest BCUT2D eigenvalue weighted by molar-refractivity contribution is 7.89. The van der Waals surface area contributed by atoms with E-state index in [-0.39, 0.29) is 28.5 Å². The Hall–Kier alpha value is -3.00. The number of amides is 1. The van der Waals surface area contributed by atoms with Crippen LogP contribution in [0.5, 0.6) is 0 Å². The molecule has 4 rings (SSSR count). The van der Waals surface area contributed by atoms with Crippen molar-refractivity contribution >= 4 is 27.8 Å². The van der Waals surface area contributed by atoms with Crippen LogP contribution in [0.4, 0.5) is 34.0 Å². The number of benzene rings is 1. The number of ether oxygens (including phenoxy) is 1. The van der Waals surface area contributed by atoms with Gasteiger partial charge in [0.25, 0.3) is 0 Å². The van der Waals surface area contributed by atoms with Gasteiger partial charge < -0.3 is 15.4 Å². The first-order valence-corrected chi connectivity index (χ1v) is 13.3. The molecule has 202 valence electrons. The summed E-state index contributed by atoms with van der Waals surface area (Å²) in [7, 11) is -3.78. The fourth-order valence-electron chi connectivity index (χ4n) is 4.12. The fraction of sp³-hybridized carbons (Fsp3) is 0.522. The summed E-state index contributed by atoms with van der Waals surface area (Å²) in [5.41, 5.74) is 0.786. The van der Waals surface area contributed by atoms with Crippen molar-refractivity contribution in [2.75, 3.05) is 5.32 Å². The van der Waals surface area contributed by atoms with Crippen LogP contribution in [0, 0.1) is 5.82 Å². The predicted octanol–water partition coefficient (Wildman–Crippen LogP) is 4.50. The van der Waals surface area contributed by atoms with E-state index in [1.54, 1.807) is 12.4 Å². The first-order chi connectivity index (χ1) is 17.4. The third-order valence-corrected chi connectivity index (χ3v) is 7.62. The molecule has 37 heavy (non-hydrogen) atoms. The Balaban J connectivity index is 1.29. The summed E-state index contributed by atoms with van der Waals surface area (Å²) < 4.78 is 84.1. The van der Waals surface area contributed by atoms with Gasteiger partial charge in [-0.05, 0) is 68.7 Å². The highest BCUT2D eigenvalue weighted by Gasteiger charge is 2.33. The number of carbonyl (C=O) groups is 1. The van der Waals surface area contributed by atoms with Crippen LogP contribution < -0.4 is 15.4 Å². The van der Waals surface area contributed by atoms with Gasteiger partial charge in [0.15, 0.2) is 0 Å². The van der Waals surface area contributed by atoms with Crippen molar-refractivity contribution in [3.8, 4) is 0 Å². The number of sulfonamides is 1. The van der Waals surface area contributed by atoms with Crippen LogP contribution >= 0.6 is 0 Å². The number of alkyl halides is 3. The van der Waals surface area contributed by atoms with Gasteiger partial charge in [-0.3, -0.25) is 0 Å².